The molecule has 0 fully saturated rings. The van der Waals surface area contributed by atoms with Crippen LogP contribution in [0.25, 0.3) is 10.9 Å². The molecule has 4 N–H and O–H groups in total. The van der Waals surface area contributed by atoms with E-state index in [0.717, 1.165) is 35.9 Å². The minimum Gasteiger partial charge on any atom is -0.383 e. The van der Waals surface area contributed by atoms with Gasteiger partial charge in [0.25, 0.3) is 0 Å². The maximum atomic E-state index is 10.6. The van der Waals surface area contributed by atoms with Gasteiger partial charge in [0.1, 0.15) is 5.60 Å². The van der Waals surface area contributed by atoms with Crippen LogP contribution in [-0.4, -0.2) is 35.7 Å². The van der Waals surface area contributed by atoms with Crippen LogP contribution in [0.5, 0.6) is 0 Å². The van der Waals surface area contributed by atoms with Gasteiger partial charge in [0, 0.05) is 35.6 Å². The van der Waals surface area contributed by atoms with Gasteiger partial charge >= 0.3 is 0 Å². The SMILES string of the molecule is CCNC(=NCC(C)(O)c1cccs1)NCCc1cc2ccccc2[nH]1.I. The zero-order valence-corrected chi connectivity index (χ0v) is 18.8. The molecule has 0 aliphatic heterocycles. The van der Waals surface area contributed by atoms with E-state index in [1.54, 1.807) is 18.3 Å². The van der Waals surface area contributed by atoms with E-state index in [-0.39, 0.29) is 24.0 Å². The smallest absolute Gasteiger partial charge is 0.191 e. The molecule has 5 nitrogen and oxygen atoms in total. The molecule has 0 amide bonds. The van der Waals surface area contributed by atoms with Crippen LogP contribution in [0, 0.1) is 0 Å². The number of aliphatic imine (C=N–C) groups is 1. The average Bonchev–Trinajstić information content (AvgIpc) is 3.29. The van der Waals surface area contributed by atoms with Crippen molar-refractivity contribution >= 4 is 52.2 Å². The van der Waals surface area contributed by atoms with Crippen LogP contribution in [0.3, 0.4) is 0 Å². The first-order chi connectivity index (χ1) is 12.6. The Hall–Kier alpha value is -1.58. The molecule has 0 bridgehead atoms. The van der Waals surface area contributed by atoms with Crippen LogP contribution in [0.15, 0.2) is 52.8 Å². The molecule has 0 saturated heterocycles. The summed E-state index contributed by atoms with van der Waals surface area (Å²) in [6.07, 6.45) is 0.875. The van der Waals surface area contributed by atoms with Crippen molar-refractivity contribution in [1.82, 2.24) is 15.6 Å². The number of fused-ring (bicyclic) bond motifs is 1. The van der Waals surface area contributed by atoms with E-state index < -0.39 is 5.60 Å². The van der Waals surface area contributed by atoms with Crippen LogP contribution < -0.4 is 10.6 Å². The molecule has 3 rings (SSSR count). The number of halogens is 1. The van der Waals surface area contributed by atoms with E-state index in [2.05, 4.69) is 38.8 Å². The minimum atomic E-state index is -0.951. The number of aromatic amines is 1. The predicted molar refractivity (Wildman–Crippen MR) is 125 cm³/mol. The fourth-order valence-corrected chi connectivity index (χ4v) is 3.60. The summed E-state index contributed by atoms with van der Waals surface area (Å²) in [6, 6.07) is 14.4. The van der Waals surface area contributed by atoms with Crippen molar-refractivity contribution in [3.05, 3.63) is 58.4 Å². The quantitative estimate of drug-likeness (QED) is 0.227. The summed E-state index contributed by atoms with van der Waals surface area (Å²) < 4.78 is 0. The van der Waals surface area contributed by atoms with E-state index in [0.29, 0.717) is 6.54 Å². The van der Waals surface area contributed by atoms with E-state index in [9.17, 15) is 5.11 Å². The van der Waals surface area contributed by atoms with Gasteiger partial charge in [-0.05, 0) is 42.8 Å². The number of H-pyrrole nitrogens is 1. The summed E-state index contributed by atoms with van der Waals surface area (Å²) in [6.45, 7) is 5.69. The van der Waals surface area contributed by atoms with Crippen LogP contribution in [0.2, 0.25) is 0 Å². The first-order valence-corrected chi connectivity index (χ1v) is 9.81. The molecular weight excluding hydrogens is 471 g/mol. The molecule has 2 heterocycles. The van der Waals surface area contributed by atoms with Gasteiger partial charge in [0.2, 0.25) is 0 Å². The Morgan fingerprint density at radius 2 is 2.04 bits per heavy atom. The van der Waals surface area contributed by atoms with Crippen LogP contribution in [0.4, 0.5) is 0 Å². The number of hydrogen-bond donors (Lipinski definition) is 4. The van der Waals surface area contributed by atoms with Crippen LogP contribution in [0.1, 0.15) is 24.4 Å². The van der Waals surface area contributed by atoms with Crippen molar-refractivity contribution in [1.29, 1.82) is 0 Å². The van der Waals surface area contributed by atoms with E-state index in [1.165, 1.54) is 11.1 Å². The number of nitrogens with zero attached hydrogens (tertiary/aromatic N) is 1. The molecule has 1 atom stereocenters. The Labute approximate surface area is 181 Å². The summed E-state index contributed by atoms with van der Waals surface area (Å²) in [5.41, 5.74) is 1.41. The second-order valence-corrected chi connectivity index (χ2v) is 7.45. The number of aliphatic hydroxyl groups is 1. The third-order valence-electron chi connectivity index (χ3n) is 4.21. The van der Waals surface area contributed by atoms with Gasteiger partial charge in [-0.15, -0.1) is 35.3 Å². The Morgan fingerprint density at radius 1 is 1.22 bits per heavy atom. The summed E-state index contributed by atoms with van der Waals surface area (Å²) in [5.74, 6) is 0.723. The number of thiophene rings is 1. The van der Waals surface area contributed by atoms with Gasteiger partial charge in [0.15, 0.2) is 5.96 Å². The Morgan fingerprint density at radius 3 is 2.74 bits per heavy atom. The summed E-state index contributed by atoms with van der Waals surface area (Å²) >= 11 is 1.55. The van der Waals surface area contributed by atoms with Gasteiger partial charge in [0.05, 0.1) is 6.54 Å². The molecule has 146 valence electrons. The number of aromatic nitrogens is 1. The second-order valence-electron chi connectivity index (χ2n) is 6.50. The third kappa shape index (κ3) is 5.95. The lowest BCUT2D eigenvalue weighted by atomic mass is 10.1. The van der Waals surface area contributed by atoms with Crippen LogP contribution in [-0.2, 0) is 12.0 Å². The summed E-state index contributed by atoms with van der Waals surface area (Å²) in [4.78, 5) is 8.92. The Bertz CT molecular complexity index is 825. The lowest BCUT2D eigenvalue weighted by Gasteiger charge is -2.20. The molecule has 7 heteroatoms. The molecule has 1 unspecified atom stereocenters. The Kier molecular flexibility index (Phi) is 8.12. The van der Waals surface area contributed by atoms with E-state index >= 15 is 0 Å². The monoisotopic (exact) mass is 498 g/mol. The number of nitrogens with one attached hydrogen (secondary N) is 3. The number of guanidine groups is 1. The lowest BCUT2D eigenvalue weighted by molar-refractivity contribution is 0.0711. The highest BCUT2D eigenvalue weighted by Gasteiger charge is 2.23. The molecule has 1 aromatic carbocycles. The fourth-order valence-electron chi connectivity index (χ4n) is 2.82. The number of benzene rings is 1. The van der Waals surface area contributed by atoms with Crippen molar-refractivity contribution in [3.8, 4) is 0 Å². The predicted octanol–water partition coefficient (Wildman–Crippen LogP) is 3.85. The largest absolute Gasteiger partial charge is 0.383 e. The van der Waals surface area contributed by atoms with E-state index in [1.807, 2.05) is 36.6 Å². The van der Waals surface area contributed by atoms with Crippen LogP contribution >= 0.6 is 35.3 Å². The highest BCUT2D eigenvalue weighted by Crippen LogP contribution is 2.25. The molecule has 0 aliphatic rings. The number of rotatable bonds is 7. The average molecular weight is 498 g/mol. The molecule has 0 radical (unpaired) electrons. The first kappa shape index (κ1) is 21.7. The standard InChI is InChI=1S/C20H26N4OS.HI/c1-3-21-19(23-14-20(2,25)18-9-6-12-26-18)22-11-10-16-13-15-7-4-5-8-17(15)24-16;/h4-9,12-13,24-25H,3,10-11,14H2,1-2H3,(H2,21,22,23);1H. The second kappa shape index (κ2) is 10.1. The zero-order chi connectivity index (χ0) is 18.4. The van der Waals surface area contributed by atoms with Gasteiger partial charge < -0.3 is 20.7 Å². The summed E-state index contributed by atoms with van der Waals surface area (Å²) in [7, 11) is 0. The number of hydrogen-bond acceptors (Lipinski definition) is 3. The molecule has 0 aliphatic carbocycles. The minimum absolute atomic E-state index is 0. The van der Waals surface area contributed by atoms with Crippen molar-refractivity contribution < 1.29 is 5.11 Å². The zero-order valence-electron chi connectivity index (χ0n) is 15.7. The first-order valence-electron chi connectivity index (χ1n) is 8.93. The van der Waals surface area contributed by atoms with Gasteiger partial charge in [-0.3, -0.25) is 0 Å². The topological polar surface area (TPSA) is 72.4 Å². The molecule has 3 aromatic rings. The molecule has 0 saturated carbocycles. The maximum absolute atomic E-state index is 10.6. The maximum Gasteiger partial charge on any atom is 0.191 e. The molecule has 0 spiro atoms. The highest BCUT2D eigenvalue weighted by atomic mass is 127. The number of para-hydroxylation sites is 1. The van der Waals surface area contributed by atoms with Crippen molar-refractivity contribution in [2.45, 2.75) is 25.9 Å². The highest BCUT2D eigenvalue weighted by molar-refractivity contribution is 14.0. The molecule has 27 heavy (non-hydrogen) atoms. The van der Waals surface area contributed by atoms with Crippen molar-refractivity contribution in [2.75, 3.05) is 19.6 Å². The molecule has 2 aromatic heterocycles. The Balaban J connectivity index is 0.00000261. The van der Waals surface area contributed by atoms with Gasteiger partial charge in [-0.1, -0.05) is 24.3 Å². The summed E-state index contributed by atoms with van der Waals surface area (Å²) in [5, 5.41) is 20.4. The van der Waals surface area contributed by atoms with Gasteiger partial charge in [-0.2, -0.15) is 0 Å². The fraction of sp³-hybridized carbons (Fsp3) is 0.350. The van der Waals surface area contributed by atoms with Crippen molar-refractivity contribution in [2.24, 2.45) is 4.99 Å². The lowest BCUT2D eigenvalue weighted by Crippen LogP contribution is -2.39. The molecular formula is C20H27IN4OS. The normalized spacial score (nSPS) is 13.8. The van der Waals surface area contributed by atoms with E-state index in [4.69, 9.17) is 0 Å². The van der Waals surface area contributed by atoms with Gasteiger partial charge in [-0.25, -0.2) is 4.99 Å². The van der Waals surface area contributed by atoms with Crippen molar-refractivity contribution in [3.63, 3.8) is 0 Å². The third-order valence-corrected chi connectivity index (χ3v) is 5.34.